The topological polar surface area (TPSA) is 101 Å². The van der Waals surface area contributed by atoms with E-state index in [-0.39, 0.29) is 18.8 Å². The molecule has 2 N–H and O–H groups in total. The van der Waals surface area contributed by atoms with Gasteiger partial charge in [-0.1, -0.05) is 41.7 Å². The van der Waals surface area contributed by atoms with Gasteiger partial charge in [-0.2, -0.15) is 0 Å². The van der Waals surface area contributed by atoms with Crippen molar-refractivity contribution in [2.45, 2.75) is 29.7 Å². The fourth-order valence-corrected chi connectivity index (χ4v) is 1.22. The number of carboxylic acids is 2. The number of halogens is 3. The summed E-state index contributed by atoms with van der Waals surface area (Å²) in [6, 6.07) is 0. The average molecular weight is 382 g/mol. The molecule has 7 nitrogen and oxygen atoms in total. The number of carbonyl (C=O) groups excluding carboxylic acids is 1. The first-order valence-corrected chi connectivity index (χ1v) is 7.34. The van der Waals surface area contributed by atoms with Gasteiger partial charge in [-0.25, -0.2) is 4.79 Å². The zero-order chi connectivity index (χ0) is 18.1. The molecule has 0 saturated heterocycles. The summed E-state index contributed by atoms with van der Waals surface area (Å²) in [7, 11) is 5.78. The molecule has 0 heterocycles. The van der Waals surface area contributed by atoms with E-state index in [4.69, 9.17) is 49.8 Å². The van der Waals surface area contributed by atoms with E-state index in [1.54, 1.807) is 6.92 Å². The molecule has 0 aromatic rings. The quantitative estimate of drug-likeness (QED) is 0.414. The fraction of sp³-hybridized carbons (Fsp3) is 0.750. The number of carbonyl (C=O) groups is 3. The molecule has 0 aliphatic heterocycles. The van der Waals surface area contributed by atoms with E-state index < -0.39 is 21.8 Å². The van der Waals surface area contributed by atoms with Crippen LogP contribution in [0.25, 0.3) is 0 Å². The number of likely N-dealkylation sites (N-methyl/N-ethyl adjacent to an activating group) is 1. The van der Waals surface area contributed by atoms with Crippen LogP contribution < -0.4 is 0 Å². The van der Waals surface area contributed by atoms with Crippen molar-refractivity contribution in [1.82, 2.24) is 0 Å². The van der Waals surface area contributed by atoms with Gasteiger partial charge in [0.2, 0.25) is 0 Å². The number of rotatable bonds is 6. The van der Waals surface area contributed by atoms with E-state index in [0.717, 1.165) is 0 Å². The minimum absolute atomic E-state index is 0.138. The number of quaternary nitrogens is 1. The lowest BCUT2D eigenvalue weighted by Gasteiger charge is -2.28. The van der Waals surface area contributed by atoms with Gasteiger partial charge in [-0.3, -0.25) is 9.59 Å². The molecule has 10 heteroatoms. The molecular weight excluding hydrogens is 360 g/mol. The Labute approximate surface area is 144 Å². The van der Waals surface area contributed by atoms with Crippen LogP contribution >= 0.6 is 34.8 Å². The second-order valence-corrected chi connectivity index (χ2v) is 7.62. The van der Waals surface area contributed by atoms with Crippen LogP contribution in [0, 0.1) is 0 Å². The van der Waals surface area contributed by atoms with E-state index >= 15 is 0 Å². The van der Waals surface area contributed by atoms with Gasteiger partial charge in [-0.15, -0.1) is 0 Å². The molecule has 0 aromatic heterocycles. The fourth-order valence-electron chi connectivity index (χ4n) is 1.22. The minimum Gasteiger partial charge on any atom is -0.481 e. The van der Waals surface area contributed by atoms with Crippen molar-refractivity contribution < 1.29 is 33.8 Å². The molecule has 0 spiro atoms. The number of alkyl halides is 3. The van der Waals surface area contributed by atoms with Crippen LogP contribution in [-0.2, 0) is 19.1 Å². The third-order valence-electron chi connectivity index (χ3n) is 1.98. The third kappa shape index (κ3) is 15.6. The summed E-state index contributed by atoms with van der Waals surface area (Å²) in [5.74, 6) is -2.76. The van der Waals surface area contributed by atoms with E-state index in [0.29, 0.717) is 11.0 Å². The van der Waals surface area contributed by atoms with Gasteiger partial charge in [0.25, 0.3) is 3.79 Å². The Balaban J connectivity index is 0. The number of aliphatic carboxylic acids is 2. The van der Waals surface area contributed by atoms with Crippen LogP contribution in [0.4, 0.5) is 0 Å². The lowest BCUT2D eigenvalue weighted by molar-refractivity contribution is -0.873. The van der Waals surface area contributed by atoms with Crippen molar-refractivity contribution in [2.24, 2.45) is 0 Å². The van der Waals surface area contributed by atoms with Gasteiger partial charge in [0.05, 0.1) is 27.6 Å². The standard InChI is InChI=1S/C10H19NO4.C2HCl3O2/c1-5-10(14)15-8(6-9(12)13)7-11(2,3)4;3-2(4,5)1(6)7/h8H,5-7H2,1-4H3;(H,6,7)/p+1/t8-;/m1./s1. The monoisotopic (exact) mass is 380 g/mol. The minimum atomic E-state index is -2.17. The smallest absolute Gasteiger partial charge is 0.356 e. The number of esters is 1. The zero-order valence-electron chi connectivity index (χ0n) is 12.8. The summed E-state index contributed by atoms with van der Waals surface area (Å²) >= 11 is 14.4. The van der Waals surface area contributed by atoms with Crippen molar-refractivity contribution in [1.29, 1.82) is 0 Å². The number of hydrogen-bond donors (Lipinski definition) is 2. The first kappa shape index (κ1) is 23.5. The van der Waals surface area contributed by atoms with Gasteiger partial charge in [0.1, 0.15) is 6.54 Å². The van der Waals surface area contributed by atoms with Crippen LogP contribution in [0.3, 0.4) is 0 Å². The zero-order valence-corrected chi connectivity index (χ0v) is 15.1. The normalized spacial score (nSPS) is 12.7. The van der Waals surface area contributed by atoms with E-state index in [9.17, 15) is 14.4 Å². The highest BCUT2D eigenvalue weighted by atomic mass is 35.6. The Bertz CT molecular complexity index is 389. The van der Waals surface area contributed by atoms with Crippen LogP contribution in [0.15, 0.2) is 0 Å². The van der Waals surface area contributed by atoms with E-state index in [1.165, 1.54) is 0 Å². The first-order valence-electron chi connectivity index (χ1n) is 6.20. The first-order chi connectivity index (χ1) is 9.69. The van der Waals surface area contributed by atoms with E-state index in [2.05, 4.69) is 0 Å². The van der Waals surface area contributed by atoms with E-state index in [1.807, 2.05) is 21.1 Å². The summed E-state index contributed by atoms with van der Waals surface area (Å²) in [6.45, 7) is 2.18. The van der Waals surface area contributed by atoms with Crippen molar-refractivity contribution in [3.63, 3.8) is 0 Å². The second-order valence-electron chi connectivity index (χ2n) is 5.34. The number of hydrogen-bond acceptors (Lipinski definition) is 4. The van der Waals surface area contributed by atoms with Gasteiger partial charge < -0.3 is 19.4 Å². The molecule has 130 valence electrons. The largest absolute Gasteiger partial charge is 0.481 e. The summed E-state index contributed by atoms with van der Waals surface area (Å²) in [5.41, 5.74) is 0. The SMILES string of the molecule is CCC(=O)O[C@H](CC(=O)O)C[N+](C)(C)C.O=C(O)C(Cl)(Cl)Cl. The Morgan fingerprint density at radius 2 is 1.55 bits per heavy atom. The number of carboxylic acid groups (broad SMARTS) is 2. The Morgan fingerprint density at radius 3 is 1.77 bits per heavy atom. The number of nitrogens with zero attached hydrogens (tertiary/aromatic N) is 1. The molecule has 0 fully saturated rings. The van der Waals surface area contributed by atoms with Crippen LogP contribution in [0.2, 0.25) is 0 Å². The van der Waals surface area contributed by atoms with Crippen molar-refractivity contribution in [2.75, 3.05) is 27.7 Å². The van der Waals surface area contributed by atoms with Crippen molar-refractivity contribution in [3.05, 3.63) is 0 Å². The third-order valence-corrected chi connectivity index (χ3v) is 2.47. The molecule has 0 bridgehead atoms. The summed E-state index contributed by atoms with van der Waals surface area (Å²) in [4.78, 5) is 31.3. The molecule has 0 aliphatic carbocycles. The van der Waals surface area contributed by atoms with Crippen molar-refractivity contribution in [3.8, 4) is 0 Å². The Kier molecular flexibility index (Phi) is 10.8. The molecule has 0 rings (SSSR count). The molecule has 0 aliphatic rings. The van der Waals surface area contributed by atoms with Gasteiger partial charge >= 0.3 is 17.9 Å². The molecule has 0 unspecified atom stereocenters. The maximum Gasteiger partial charge on any atom is 0.356 e. The highest BCUT2D eigenvalue weighted by molar-refractivity contribution is 6.75. The van der Waals surface area contributed by atoms with Crippen LogP contribution in [0.5, 0.6) is 0 Å². The lowest BCUT2D eigenvalue weighted by Crippen LogP contribution is -2.43. The van der Waals surface area contributed by atoms with Gasteiger partial charge in [0, 0.05) is 6.42 Å². The summed E-state index contributed by atoms with van der Waals surface area (Å²) < 4.78 is 3.45. The maximum absolute atomic E-state index is 11.1. The highest BCUT2D eigenvalue weighted by Gasteiger charge is 2.29. The molecule has 0 saturated carbocycles. The van der Waals surface area contributed by atoms with Gasteiger partial charge in [-0.05, 0) is 0 Å². The predicted octanol–water partition coefficient (Wildman–Crippen LogP) is 1.93. The molecule has 0 radical (unpaired) electrons. The molecular formula is C12H21Cl3NO6+. The lowest BCUT2D eigenvalue weighted by atomic mass is 10.2. The number of ether oxygens (including phenoxy) is 1. The molecule has 1 atom stereocenters. The maximum atomic E-state index is 11.1. The average Bonchev–Trinajstić information content (AvgIpc) is 2.24. The van der Waals surface area contributed by atoms with Crippen molar-refractivity contribution >= 4 is 52.7 Å². The molecule has 0 amide bonds. The predicted molar refractivity (Wildman–Crippen MR) is 83.2 cm³/mol. The van der Waals surface area contributed by atoms with Crippen LogP contribution in [-0.4, -0.2) is 70.2 Å². The molecule has 0 aromatic carbocycles. The Morgan fingerprint density at radius 1 is 1.14 bits per heavy atom. The van der Waals surface area contributed by atoms with Crippen LogP contribution in [0.1, 0.15) is 19.8 Å². The van der Waals surface area contributed by atoms with Gasteiger partial charge in [0.15, 0.2) is 6.10 Å². The highest BCUT2D eigenvalue weighted by Crippen LogP contribution is 2.25. The summed E-state index contributed by atoms with van der Waals surface area (Å²) in [6.07, 6.45) is -0.413. The summed E-state index contributed by atoms with van der Waals surface area (Å²) in [5, 5.41) is 16.5. The second kappa shape index (κ2) is 10.1. The molecule has 22 heavy (non-hydrogen) atoms. The Hall–Kier alpha value is -0.760.